The molecule has 168 valence electrons. The second-order valence-corrected chi connectivity index (χ2v) is 7.93. The molecule has 0 unspecified atom stereocenters. The number of nitrogens with zero attached hydrogens (tertiary/aromatic N) is 3. The summed E-state index contributed by atoms with van der Waals surface area (Å²) in [6.07, 6.45) is 4.39. The fourth-order valence-corrected chi connectivity index (χ4v) is 3.87. The van der Waals surface area contributed by atoms with E-state index < -0.39 is 5.69 Å². The summed E-state index contributed by atoms with van der Waals surface area (Å²) in [4.78, 5) is 47.0. The molecule has 4 aromatic rings. The quantitative estimate of drug-likeness (QED) is 0.474. The van der Waals surface area contributed by atoms with E-state index in [2.05, 4.69) is 29.0 Å². The highest BCUT2D eigenvalue weighted by Crippen LogP contribution is 2.17. The number of pyridine rings is 1. The molecule has 7 nitrogen and oxygen atoms in total. The molecule has 0 atom stereocenters. The van der Waals surface area contributed by atoms with E-state index in [-0.39, 0.29) is 18.0 Å². The van der Waals surface area contributed by atoms with Gasteiger partial charge in [0.05, 0.1) is 10.9 Å². The van der Waals surface area contributed by atoms with Gasteiger partial charge in [0, 0.05) is 37.6 Å². The van der Waals surface area contributed by atoms with Crippen molar-refractivity contribution in [2.24, 2.45) is 0 Å². The normalized spacial score (nSPS) is 11.0. The first-order valence-electron chi connectivity index (χ1n) is 11.0. The topological polar surface area (TPSA) is 88.1 Å². The van der Waals surface area contributed by atoms with Crippen molar-refractivity contribution in [2.45, 2.75) is 39.9 Å². The number of H-pyrrole nitrogens is 1. The molecule has 0 spiro atoms. The second-order valence-electron chi connectivity index (χ2n) is 7.93. The maximum atomic E-state index is 13.5. The lowest BCUT2D eigenvalue weighted by atomic mass is 10.1. The average molecular weight is 443 g/mol. The molecule has 0 fully saturated rings. The number of hydrogen-bond donors (Lipinski definition) is 1. The summed E-state index contributed by atoms with van der Waals surface area (Å²) < 4.78 is 1.14. The van der Waals surface area contributed by atoms with Gasteiger partial charge in [-0.05, 0) is 54.3 Å². The van der Waals surface area contributed by atoms with Gasteiger partial charge in [0.25, 0.3) is 11.5 Å². The summed E-state index contributed by atoms with van der Waals surface area (Å²) in [6, 6.07) is 16.8. The first kappa shape index (κ1) is 22.2. The predicted molar refractivity (Wildman–Crippen MR) is 128 cm³/mol. The minimum atomic E-state index is -0.483. The zero-order valence-electron chi connectivity index (χ0n) is 18.7. The molecule has 0 saturated carbocycles. The van der Waals surface area contributed by atoms with Crippen LogP contribution in [0.2, 0.25) is 0 Å². The van der Waals surface area contributed by atoms with Crippen LogP contribution in [0.5, 0.6) is 0 Å². The third kappa shape index (κ3) is 4.77. The molecule has 0 aliphatic heterocycles. The minimum Gasteiger partial charge on any atom is -0.330 e. The predicted octanol–water partition coefficient (Wildman–Crippen LogP) is 3.51. The van der Waals surface area contributed by atoms with E-state index >= 15 is 0 Å². The summed E-state index contributed by atoms with van der Waals surface area (Å²) in [7, 11) is 0. The number of amides is 1. The molecule has 1 amide bonds. The van der Waals surface area contributed by atoms with Crippen LogP contribution < -0.4 is 11.2 Å². The Morgan fingerprint density at radius 2 is 1.70 bits per heavy atom. The number of carbonyl (C=O) groups excluding carboxylic acids is 1. The maximum Gasteiger partial charge on any atom is 0.328 e. The smallest absolute Gasteiger partial charge is 0.328 e. The summed E-state index contributed by atoms with van der Waals surface area (Å²) in [5, 5.41) is 0.377. The van der Waals surface area contributed by atoms with Gasteiger partial charge in [-0.1, -0.05) is 37.3 Å². The van der Waals surface area contributed by atoms with Crippen molar-refractivity contribution in [1.29, 1.82) is 0 Å². The number of carbonyl (C=O) groups is 1. The van der Waals surface area contributed by atoms with Gasteiger partial charge >= 0.3 is 5.69 Å². The Labute approximate surface area is 191 Å². The lowest BCUT2D eigenvalue weighted by Gasteiger charge is -2.23. The Hall–Kier alpha value is -4.00. The first-order chi connectivity index (χ1) is 16.0. The molecule has 33 heavy (non-hydrogen) atoms. The summed E-state index contributed by atoms with van der Waals surface area (Å²) >= 11 is 0. The number of aromatic amines is 1. The molecular weight excluding hydrogens is 416 g/mol. The average Bonchev–Trinajstić information content (AvgIpc) is 2.84. The first-order valence-corrected chi connectivity index (χ1v) is 11.0. The zero-order chi connectivity index (χ0) is 23.4. The van der Waals surface area contributed by atoms with Gasteiger partial charge in [0.15, 0.2) is 0 Å². The molecule has 2 heterocycles. The van der Waals surface area contributed by atoms with Crippen molar-refractivity contribution in [1.82, 2.24) is 19.4 Å². The van der Waals surface area contributed by atoms with Gasteiger partial charge < -0.3 is 9.88 Å². The fraction of sp³-hybridized carbons (Fsp3) is 0.231. The summed E-state index contributed by atoms with van der Waals surface area (Å²) in [5.74, 6) is -0.194. The van der Waals surface area contributed by atoms with Gasteiger partial charge in [-0.25, -0.2) is 4.79 Å². The highest BCUT2D eigenvalue weighted by molar-refractivity contribution is 5.97. The van der Waals surface area contributed by atoms with E-state index in [0.29, 0.717) is 29.6 Å². The van der Waals surface area contributed by atoms with E-state index in [1.807, 2.05) is 24.3 Å². The fourth-order valence-electron chi connectivity index (χ4n) is 3.87. The van der Waals surface area contributed by atoms with E-state index in [0.717, 1.165) is 22.1 Å². The standard InChI is InChI=1S/C26H26N4O3/c1-3-18-7-9-19(10-8-18)16-29(17-20-6-5-13-27-15-20)24(31)21-11-12-22-23(14-21)28-26(33)30(4-2)25(22)32/h5-15H,3-4,16-17H2,1-2H3,(H,28,33). The molecule has 0 aliphatic rings. The molecule has 0 bridgehead atoms. The van der Waals surface area contributed by atoms with E-state index in [9.17, 15) is 14.4 Å². The molecule has 2 aromatic carbocycles. The van der Waals surface area contributed by atoms with Crippen molar-refractivity contribution in [2.75, 3.05) is 0 Å². The van der Waals surface area contributed by atoms with Crippen molar-refractivity contribution in [3.8, 4) is 0 Å². The van der Waals surface area contributed by atoms with Crippen LogP contribution in [0.4, 0.5) is 0 Å². The van der Waals surface area contributed by atoms with E-state index in [4.69, 9.17) is 0 Å². The third-order valence-corrected chi connectivity index (χ3v) is 5.73. The molecule has 0 aliphatic carbocycles. The highest BCUT2D eigenvalue weighted by Gasteiger charge is 2.18. The Kier molecular flexibility index (Phi) is 6.49. The van der Waals surface area contributed by atoms with Crippen molar-refractivity contribution in [3.05, 3.63) is 110 Å². The van der Waals surface area contributed by atoms with Gasteiger partial charge in [-0.15, -0.1) is 0 Å². The molecule has 1 N–H and O–H groups in total. The summed E-state index contributed by atoms with van der Waals surface area (Å²) in [5.41, 5.74) is 3.08. The van der Waals surface area contributed by atoms with Crippen LogP contribution in [0.3, 0.4) is 0 Å². The Morgan fingerprint density at radius 1 is 0.970 bits per heavy atom. The lowest BCUT2D eigenvalue weighted by Crippen LogP contribution is -2.34. The largest absolute Gasteiger partial charge is 0.330 e. The van der Waals surface area contributed by atoms with Crippen molar-refractivity contribution >= 4 is 16.8 Å². The van der Waals surface area contributed by atoms with Crippen LogP contribution in [-0.4, -0.2) is 25.3 Å². The SMILES string of the molecule is CCc1ccc(CN(Cc2cccnc2)C(=O)c2ccc3c(=O)n(CC)c(=O)[nH]c3c2)cc1. The monoisotopic (exact) mass is 442 g/mol. The van der Waals surface area contributed by atoms with Crippen LogP contribution in [0.25, 0.3) is 10.9 Å². The van der Waals surface area contributed by atoms with Gasteiger partial charge in [0.1, 0.15) is 0 Å². The zero-order valence-corrected chi connectivity index (χ0v) is 18.7. The Bertz CT molecular complexity index is 1390. The minimum absolute atomic E-state index is 0.194. The van der Waals surface area contributed by atoms with Gasteiger partial charge in [0.2, 0.25) is 0 Å². The maximum absolute atomic E-state index is 13.5. The van der Waals surface area contributed by atoms with Gasteiger partial charge in [-0.3, -0.25) is 19.1 Å². The van der Waals surface area contributed by atoms with Gasteiger partial charge in [-0.2, -0.15) is 0 Å². The molecule has 2 aromatic heterocycles. The van der Waals surface area contributed by atoms with Crippen LogP contribution in [-0.2, 0) is 26.1 Å². The van der Waals surface area contributed by atoms with Crippen LogP contribution in [0, 0.1) is 0 Å². The second kappa shape index (κ2) is 9.65. The van der Waals surface area contributed by atoms with Crippen molar-refractivity contribution in [3.63, 3.8) is 0 Å². The molecular formula is C26H26N4O3. The number of aromatic nitrogens is 3. The Balaban J connectivity index is 1.70. The number of aryl methyl sites for hydroxylation is 1. The summed E-state index contributed by atoms with van der Waals surface area (Å²) in [6.45, 7) is 4.93. The van der Waals surface area contributed by atoms with Crippen LogP contribution >= 0.6 is 0 Å². The van der Waals surface area contributed by atoms with E-state index in [1.54, 1.807) is 42.4 Å². The molecule has 0 radical (unpaired) electrons. The van der Waals surface area contributed by atoms with Crippen LogP contribution in [0.1, 0.15) is 40.9 Å². The molecule has 7 heteroatoms. The molecule has 0 saturated heterocycles. The Morgan fingerprint density at radius 3 is 2.36 bits per heavy atom. The van der Waals surface area contributed by atoms with E-state index in [1.165, 1.54) is 5.56 Å². The lowest BCUT2D eigenvalue weighted by molar-refractivity contribution is 0.0730. The number of fused-ring (bicyclic) bond motifs is 1. The number of hydrogen-bond acceptors (Lipinski definition) is 4. The number of benzene rings is 2. The third-order valence-electron chi connectivity index (χ3n) is 5.73. The van der Waals surface area contributed by atoms with Crippen molar-refractivity contribution < 1.29 is 4.79 Å². The number of nitrogens with one attached hydrogen (secondary N) is 1. The number of rotatable bonds is 7. The van der Waals surface area contributed by atoms with Crippen LogP contribution in [0.15, 0.2) is 76.6 Å². The highest BCUT2D eigenvalue weighted by atomic mass is 16.2. The molecule has 4 rings (SSSR count).